The number of halogens is 1. The number of nitro groups is 1. The number of hydrogen-bond donors (Lipinski definition) is 1. The quantitative estimate of drug-likeness (QED) is 0.245. The zero-order valence-corrected chi connectivity index (χ0v) is 23.5. The molecule has 0 radical (unpaired) electrons. The Balaban J connectivity index is 1.39. The maximum absolute atomic E-state index is 13.2. The van der Waals surface area contributed by atoms with Gasteiger partial charge in [0.25, 0.3) is 11.6 Å². The molecule has 15 heteroatoms. The molecule has 1 aliphatic rings. The first-order valence-electron chi connectivity index (χ1n) is 11.5. The van der Waals surface area contributed by atoms with Crippen molar-refractivity contribution in [1.29, 1.82) is 0 Å². The second kappa shape index (κ2) is 11.7. The summed E-state index contributed by atoms with van der Waals surface area (Å²) in [6.07, 6.45) is 0. The number of benzene rings is 1. The Morgan fingerprint density at radius 2 is 1.72 bits per heavy atom. The second-order valence-corrected chi connectivity index (χ2v) is 11.0. The number of amides is 2. The number of non-ortho nitro benzene ring substituents is 1. The zero-order valence-electron chi connectivity index (χ0n) is 21.1. The molecule has 4 rings (SSSR count). The molecule has 3 aromatic rings. The van der Waals surface area contributed by atoms with Crippen molar-refractivity contribution >= 4 is 78.8 Å². The maximum atomic E-state index is 13.2. The van der Waals surface area contributed by atoms with Crippen LogP contribution in [0.2, 0.25) is 5.02 Å². The molecule has 0 spiro atoms. The van der Waals surface area contributed by atoms with Gasteiger partial charge in [-0.25, -0.2) is 9.59 Å². The van der Waals surface area contributed by atoms with Crippen LogP contribution in [-0.4, -0.2) is 85.4 Å². The number of nitrogens with zero attached hydrogens (tertiary/aromatic N) is 3. The number of carbonyl (C=O) groups excluding carboxylic acids is 4. The van der Waals surface area contributed by atoms with Crippen LogP contribution in [0, 0.1) is 17.0 Å². The van der Waals surface area contributed by atoms with Gasteiger partial charge >= 0.3 is 11.9 Å². The predicted molar refractivity (Wildman–Crippen MR) is 146 cm³/mol. The summed E-state index contributed by atoms with van der Waals surface area (Å²) in [4.78, 5) is 64.9. The Morgan fingerprint density at radius 3 is 2.33 bits per heavy atom. The standard InChI is InChI=1S/C24H23ClN4O8S2/c1-12-17(23(32)36-2)21(39-19(12)24(33)37-3)26-16(30)11-27-6-8-28(9-7-27)22(31)20-18(25)14-5-4-13(29(34)35)10-15(14)38-20/h4-5,10H,6-9,11H2,1-3H3,(H,26,30). The maximum Gasteiger partial charge on any atom is 0.348 e. The average molecular weight is 595 g/mol. The third kappa shape index (κ3) is 5.73. The van der Waals surface area contributed by atoms with Crippen molar-refractivity contribution in [3.63, 3.8) is 0 Å². The summed E-state index contributed by atoms with van der Waals surface area (Å²) in [7, 11) is 2.43. The Morgan fingerprint density at radius 1 is 1.05 bits per heavy atom. The molecular weight excluding hydrogens is 572 g/mol. The number of methoxy groups -OCH3 is 2. The first kappa shape index (κ1) is 28.4. The number of piperazine rings is 1. The summed E-state index contributed by atoms with van der Waals surface area (Å²) in [5.41, 5.74) is 0.372. The summed E-state index contributed by atoms with van der Waals surface area (Å²) in [5, 5.41) is 14.8. The van der Waals surface area contributed by atoms with Crippen LogP contribution in [0.15, 0.2) is 18.2 Å². The van der Waals surface area contributed by atoms with E-state index >= 15 is 0 Å². The number of thiophene rings is 2. The molecule has 1 aliphatic heterocycles. The molecule has 206 valence electrons. The van der Waals surface area contributed by atoms with Gasteiger partial charge in [0.1, 0.15) is 14.8 Å². The van der Waals surface area contributed by atoms with Crippen molar-refractivity contribution in [2.75, 3.05) is 52.3 Å². The van der Waals surface area contributed by atoms with Gasteiger partial charge in [0.2, 0.25) is 5.91 Å². The van der Waals surface area contributed by atoms with Gasteiger partial charge in [-0.3, -0.25) is 24.6 Å². The van der Waals surface area contributed by atoms with E-state index in [1.165, 1.54) is 32.4 Å². The molecule has 2 amide bonds. The van der Waals surface area contributed by atoms with Gasteiger partial charge in [0, 0.05) is 48.4 Å². The fraction of sp³-hybridized carbons (Fsp3) is 0.333. The summed E-state index contributed by atoms with van der Waals surface area (Å²) in [6.45, 7) is 3.08. The van der Waals surface area contributed by atoms with Gasteiger partial charge in [0.05, 0.1) is 36.3 Å². The number of rotatable bonds is 7. The summed E-state index contributed by atoms with van der Waals surface area (Å²) < 4.78 is 10.1. The van der Waals surface area contributed by atoms with Gasteiger partial charge in [0.15, 0.2) is 0 Å². The number of nitrogens with one attached hydrogen (secondary N) is 1. The largest absolute Gasteiger partial charge is 0.465 e. The summed E-state index contributed by atoms with van der Waals surface area (Å²) in [5.74, 6) is -1.98. The number of hydrogen-bond acceptors (Lipinski definition) is 11. The Hall–Kier alpha value is -3.59. The fourth-order valence-electron chi connectivity index (χ4n) is 4.16. The molecule has 1 fully saturated rings. The van der Waals surface area contributed by atoms with E-state index in [0.717, 1.165) is 22.7 Å². The van der Waals surface area contributed by atoms with Crippen LogP contribution in [-0.2, 0) is 14.3 Å². The minimum absolute atomic E-state index is 0.000456. The zero-order chi connectivity index (χ0) is 28.4. The summed E-state index contributed by atoms with van der Waals surface area (Å²) >= 11 is 8.47. The molecule has 0 bridgehead atoms. The minimum atomic E-state index is -0.684. The minimum Gasteiger partial charge on any atom is -0.465 e. The molecule has 39 heavy (non-hydrogen) atoms. The van der Waals surface area contributed by atoms with E-state index in [9.17, 15) is 29.3 Å². The SMILES string of the molecule is COC(=O)c1sc(NC(=O)CN2CCN(C(=O)c3sc4cc([N+](=O)[O-])ccc4c3Cl)CC2)c(C(=O)OC)c1C. The fourth-order valence-corrected chi connectivity index (χ4v) is 6.81. The van der Waals surface area contributed by atoms with Gasteiger partial charge in [-0.15, -0.1) is 22.7 Å². The highest BCUT2D eigenvalue weighted by Crippen LogP contribution is 2.38. The van der Waals surface area contributed by atoms with Crippen LogP contribution in [0.1, 0.15) is 35.3 Å². The molecule has 12 nitrogen and oxygen atoms in total. The number of carbonyl (C=O) groups is 4. The highest BCUT2D eigenvalue weighted by atomic mass is 35.5. The van der Waals surface area contributed by atoms with Gasteiger partial charge in [-0.05, 0) is 18.6 Å². The van der Waals surface area contributed by atoms with E-state index in [1.807, 2.05) is 4.90 Å². The molecule has 0 aliphatic carbocycles. The molecular formula is C24H23ClN4O8S2. The normalized spacial score (nSPS) is 13.8. The molecule has 2 aromatic heterocycles. The van der Waals surface area contributed by atoms with E-state index in [4.69, 9.17) is 21.1 Å². The first-order chi connectivity index (χ1) is 18.5. The predicted octanol–water partition coefficient (Wildman–Crippen LogP) is 3.80. The Labute approximate surface area is 235 Å². The van der Waals surface area contributed by atoms with E-state index < -0.39 is 22.8 Å². The van der Waals surface area contributed by atoms with Crippen LogP contribution in [0.4, 0.5) is 10.7 Å². The number of anilines is 1. The van der Waals surface area contributed by atoms with Crippen LogP contribution < -0.4 is 5.32 Å². The monoisotopic (exact) mass is 594 g/mol. The average Bonchev–Trinajstić information content (AvgIpc) is 3.43. The highest BCUT2D eigenvalue weighted by molar-refractivity contribution is 7.21. The Kier molecular flexibility index (Phi) is 8.49. The molecule has 1 N–H and O–H groups in total. The number of esters is 2. The topological polar surface area (TPSA) is 148 Å². The van der Waals surface area contributed by atoms with E-state index in [1.54, 1.807) is 11.8 Å². The molecule has 0 atom stereocenters. The van der Waals surface area contributed by atoms with Crippen molar-refractivity contribution in [1.82, 2.24) is 9.80 Å². The number of fused-ring (bicyclic) bond motifs is 1. The molecule has 1 saturated heterocycles. The number of nitro benzene ring substituents is 1. The highest BCUT2D eigenvalue weighted by Gasteiger charge is 2.29. The van der Waals surface area contributed by atoms with Crippen LogP contribution in [0.25, 0.3) is 10.1 Å². The van der Waals surface area contributed by atoms with Crippen molar-refractivity contribution in [3.05, 3.63) is 54.2 Å². The van der Waals surface area contributed by atoms with Crippen molar-refractivity contribution in [2.24, 2.45) is 0 Å². The lowest BCUT2D eigenvalue weighted by molar-refractivity contribution is -0.384. The van der Waals surface area contributed by atoms with Crippen molar-refractivity contribution < 1.29 is 33.6 Å². The van der Waals surface area contributed by atoms with Crippen LogP contribution in [0.3, 0.4) is 0 Å². The van der Waals surface area contributed by atoms with Crippen molar-refractivity contribution in [3.8, 4) is 0 Å². The Bertz CT molecular complexity index is 1490. The molecule has 3 heterocycles. The first-order valence-corrected chi connectivity index (χ1v) is 13.5. The third-order valence-corrected chi connectivity index (χ3v) is 9.04. The van der Waals surface area contributed by atoms with Gasteiger partial charge in [-0.2, -0.15) is 0 Å². The molecule has 1 aromatic carbocycles. The lowest BCUT2D eigenvalue weighted by Gasteiger charge is -2.34. The third-order valence-electron chi connectivity index (χ3n) is 6.20. The lowest BCUT2D eigenvalue weighted by Crippen LogP contribution is -2.50. The van der Waals surface area contributed by atoms with Gasteiger partial charge < -0.3 is 19.7 Å². The lowest BCUT2D eigenvalue weighted by atomic mass is 10.1. The molecule has 0 saturated carbocycles. The molecule has 0 unspecified atom stereocenters. The second-order valence-electron chi connectivity index (χ2n) is 8.54. The van der Waals surface area contributed by atoms with Crippen LogP contribution >= 0.6 is 34.3 Å². The van der Waals surface area contributed by atoms with E-state index in [0.29, 0.717) is 46.7 Å². The number of ether oxygens (including phenoxy) is 2. The summed E-state index contributed by atoms with van der Waals surface area (Å²) in [6, 6.07) is 4.28. The van der Waals surface area contributed by atoms with Gasteiger partial charge in [-0.1, -0.05) is 11.6 Å². The van der Waals surface area contributed by atoms with E-state index in [2.05, 4.69) is 5.32 Å². The smallest absolute Gasteiger partial charge is 0.348 e. The van der Waals surface area contributed by atoms with E-state index in [-0.39, 0.29) is 38.6 Å². The van der Waals surface area contributed by atoms with Crippen molar-refractivity contribution in [2.45, 2.75) is 6.92 Å². The van der Waals surface area contributed by atoms with Crippen LogP contribution in [0.5, 0.6) is 0 Å².